The van der Waals surface area contributed by atoms with E-state index in [1.165, 1.54) is 328 Å². The van der Waals surface area contributed by atoms with E-state index in [-0.39, 0.29) is 0 Å². The Morgan fingerprint density at radius 3 is 0.421 bits per heavy atom. The summed E-state index contributed by atoms with van der Waals surface area (Å²) in [7, 11) is 0. The monoisotopic (exact) mass is 803 g/mol. The van der Waals surface area contributed by atoms with Crippen LogP contribution in [0.2, 0.25) is 0 Å². The zero-order chi connectivity index (χ0) is 41.2. The molecule has 0 aliphatic carbocycles. The molecular formula is C55H114N2. The van der Waals surface area contributed by atoms with Crippen molar-refractivity contribution >= 4 is 0 Å². The molecule has 0 aromatic heterocycles. The van der Waals surface area contributed by atoms with Gasteiger partial charge in [-0.15, -0.1) is 0 Å². The Labute approximate surface area is 364 Å². The first kappa shape index (κ1) is 56.9. The van der Waals surface area contributed by atoms with E-state index in [2.05, 4.69) is 37.5 Å². The molecule has 0 aliphatic heterocycles. The molecule has 0 aromatic carbocycles. The molecule has 0 radical (unpaired) electrons. The third kappa shape index (κ3) is 48.5. The molecule has 0 saturated heterocycles. The van der Waals surface area contributed by atoms with Crippen molar-refractivity contribution < 1.29 is 0 Å². The molecule has 344 valence electrons. The molecule has 0 fully saturated rings. The number of hydrogen-bond donors (Lipinski definition) is 0. The molecule has 0 bridgehead atoms. The summed E-state index contributed by atoms with van der Waals surface area (Å²) in [5.41, 5.74) is 0. The Morgan fingerprint density at radius 1 is 0.140 bits per heavy atom. The number of unbranched alkanes of at least 4 members (excludes halogenated alkanes) is 40. The minimum absolute atomic E-state index is 1.34. The van der Waals surface area contributed by atoms with Gasteiger partial charge >= 0.3 is 0 Å². The predicted molar refractivity (Wildman–Crippen MR) is 263 cm³/mol. The van der Waals surface area contributed by atoms with Gasteiger partial charge in [0.05, 0.1) is 0 Å². The lowest BCUT2D eigenvalue weighted by atomic mass is 10.1. The quantitative estimate of drug-likeness (QED) is 0.0565. The largest absolute Gasteiger partial charge is 0.303 e. The lowest BCUT2D eigenvalue weighted by Crippen LogP contribution is -2.32. The SMILES string of the molecule is CCCCCCCCCCCCCN(CCCCCCCCCCCCC)CCCN(CCCCCCCCCCCCC)CCCCCCCCCCCCC. The minimum atomic E-state index is 1.34. The van der Waals surface area contributed by atoms with Gasteiger partial charge in [-0.2, -0.15) is 0 Å². The van der Waals surface area contributed by atoms with Gasteiger partial charge in [0, 0.05) is 0 Å². The smallest absolute Gasteiger partial charge is 0.000655 e. The second kappa shape index (κ2) is 52.1. The van der Waals surface area contributed by atoms with E-state index in [0.29, 0.717) is 0 Å². The average molecular weight is 804 g/mol. The van der Waals surface area contributed by atoms with Crippen LogP contribution in [0.15, 0.2) is 0 Å². The summed E-state index contributed by atoms with van der Waals surface area (Å²) in [6.07, 6.45) is 65.3. The van der Waals surface area contributed by atoms with Crippen LogP contribution >= 0.6 is 0 Å². The number of nitrogens with zero attached hydrogens (tertiary/aromatic N) is 2. The molecular weight excluding hydrogens is 689 g/mol. The second-order valence-electron chi connectivity index (χ2n) is 19.2. The van der Waals surface area contributed by atoms with Gasteiger partial charge in [-0.1, -0.05) is 285 Å². The van der Waals surface area contributed by atoms with E-state index in [9.17, 15) is 0 Å². The van der Waals surface area contributed by atoms with Crippen molar-refractivity contribution in [3.63, 3.8) is 0 Å². The molecule has 0 rings (SSSR count). The molecule has 0 aliphatic rings. The van der Waals surface area contributed by atoms with Crippen LogP contribution in [0, 0.1) is 0 Å². The molecule has 0 heterocycles. The Bertz CT molecular complexity index is 569. The van der Waals surface area contributed by atoms with E-state index >= 15 is 0 Å². The summed E-state index contributed by atoms with van der Waals surface area (Å²) in [4.78, 5) is 5.81. The lowest BCUT2D eigenvalue weighted by molar-refractivity contribution is 0.215. The highest BCUT2D eigenvalue weighted by atomic mass is 15.1. The fraction of sp³-hybridized carbons (Fsp3) is 1.00. The summed E-state index contributed by atoms with van der Waals surface area (Å²) < 4.78 is 0. The fourth-order valence-electron chi connectivity index (χ4n) is 9.19. The van der Waals surface area contributed by atoms with Gasteiger partial charge in [0.1, 0.15) is 0 Å². The fourth-order valence-corrected chi connectivity index (χ4v) is 9.19. The van der Waals surface area contributed by atoms with Crippen molar-refractivity contribution in [3.05, 3.63) is 0 Å². The maximum Gasteiger partial charge on any atom is -0.000655 e. The average Bonchev–Trinajstić information content (AvgIpc) is 3.22. The summed E-state index contributed by atoms with van der Waals surface area (Å²) >= 11 is 0. The van der Waals surface area contributed by atoms with Crippen LogP contribution in [0.25, 0.3) is 0 Å². The van der Waals surface area contributed by atoms with E-state index < -0.39 is 0 Å². The first-order chi connectivity index (χ1) is 28.3. The van der Waals surface area contributed by atoms with Crippen molar-refractivity contribution in [2.45, 2.75) is 317 Å². The molecule has 2 heteroatoms. The predicted octanol–water partition coefficient (Wildman–Crippen LogP) is 19.2. The Balaban J connectivity index is 4.67. The highest BCUT2D eigenvalue weighted by molar-refractivity contribution is 4.65. The molecule has 0 N–H and O–H groups in total. The molecule has 57 heavy (non-hydrogen) atoms. The lowest BCUT2D eigenvalue weighted by Gasteiger charge is -2.26. The standard InChI is InChI=1S/C55H114N2/c1-5-9-13-17-21-25-29-33-37-41-45-50-56(51-46-42-38-34-30-26-22-18-14-10-6-2)54-49-55-57(52-47-43-39-35-31-27-23-19-15-11-7-3)53-48-44-40-36-32-28-24-20-16-12-8-4/h5-55H2,1-4H3. The van der Waals surface area contributed by atoms with Gasteiger partial charge in [0.15, 0.2) is 0 Å². The normalized spacial score (nSPS) is 11.9. The van der Waals surface area contributed by atoms with Crippen LogP contribution < -0.4 is 0 Å². The Hall–Kier alpha value is -0.0800. The highest BCUT2D eigenvalue weighted by Gasteiger charge is 2.09. The first-order valence-electron chi connectivity index (χ1n) is 27.7. The molecule has 0 atom stereocenters. The van der Waals surface area contributed by atoms with Crippen molar-refractivity contribution in [1.29, 1.82) is 0 Å². The zero-order valence-electron chi connectivity index (χ0n) is 41.0. The molecule has 0 saturated carbocycles. The molecule has 0 unspecified atom stereocenters. The zero-order valence-corrected chi connectivity index (χ0v) is 41.0. The maximum absolute atomic E-state index is 2.91. The van der Waals surface area contributed by atoms with Crippen LogP contribution in [0.1, 0.15) is 317 Å². The van der Waals surface area contributed by atoms with Gasteiger partial charge in [-0.05, 0) is 71.4 Å². The minimum Gasteiger partial charge on any atom is -0.303 e. The Morgan fingerprint density at radius 2 is 0.263 bits per heavy atom. The summed E-state index contributed by atoms with van der Waals surface area (Å²) in [5.74, 6) is 0. The van der Waals surface area contributed by atoms with E-state index in [1.807, 2.05) is 0 Å². The van der Waals surface area contributed by atoms with Crippen LogP contribution in [-0.4, -0.2) is 49.1 Å². The van der Waals surface area contributed by atoms with Gasteiger partial charge < -0.3 is 9.80 Å². The first-order valence-corrected chi connectivity index (χ1v) is 27.7. The third-order valence-electron chi connectivity index (χ3n) is 13.3. The molecule has 0 amide bonds. The second-order valence-corrected chi connectivity index (χ2v) is 19.2. The summed E-state index contributed by atoms with van der Waals surface area (Å²) in [5, 5.41) is 0. The topological polar surface area (TPSA) is 6.48 Å². The van der Waals surface area contributed by atoms with Crippen molar-refractivity contribution in [2.75, 3.05) is 39.3 Å². The molecule has 0 aromatic rings. The Kier molecular flexibility index (Phi) is 52.0. The number of rotatable bonds is 52. The van der Waals surface area contributed by atoms with E-state index in [1.54, 1.807) is 0 Å². The van der Waals surface area contributed by atoms with Gasteiger partial charge in [0.25, 0.3) is 0 Å². The third-order valence-corrected chi connectivity index (χ3v) is 13.3. The highest BCUT2D eigenvalue weighted by Crippen LogP contribution is 2.16. The van der Waals surface area contributed by atoms with Crippen LogP contribution in [0.4, 0.5) is 0 Å². The van der Waals surface area contributed by atoms with Gasteiger partial charge in [-0.25, -0.2) is 0 Å². The summed E-state index contributed by atoms with van der Waals surface area (Å²) in [6, 6.07) is 0. The van der Waals surface area contributed by atoms with Crippen LogP contribution in [0.5, 0.6) is 0 Å². The summed E-state index contributed by atoms with van der Waals surface area (Å²) in [6.45, 7) is 17.4. The van der Waals surface area contributed by atoms with Crippen molar-refractivity contribution in [3.8, 4) is 0 Å². The maximum atomic E-state index is 2.91. The van der Waals surface area contributed by atoms with Crippen LogP contribution in [0.3, 0.4) is 0 Å². The van der Waals surface area contributed by atoms with Crippen molar-refractivity contribution in [1.82, 2.24) is 9.80 Å². The van der Waals surface area contributed by atoms with Gasteiger partial charge in [0.2, 0.25) is 0 Å². The van der Waals surface area contributed by atoms with Crippen molar-refractivity contribution in [2.24, 2.45) is 0 Å². The molecule has 2 nitrogen and oxygen atoms in total. The van der Waals surface area contributed by atoms with Gasteiger partial charge in [-0.3, -0.25) is 0 Å². The van der Waals surface area contributed by atoms with E-state index in [0.717, 1.165) is 0 Å². The number of hydrogen-bond acceptors (Lipinski definition) is 2. The van der Waals surface area contributed by atoms with E-state index in [4.69, 9.17) is 0 Å². The van der Waals surface area contributed by atoms with Crippen LogP contribution in [-0.2, 0) is 0 Å². The molecule has 0 spiro atoms.